The molecule has 2 aromatic rings. The van der Waals surface area contributed by atoms with E-state index >= 15 is 0 Å². The minimum atomic E-state index is 0.431. The van der Waals surface area contributed by atoms with Gasteiger partial charge in [-0.1, -0.05) is 19.1 Å². The molecule has 3 rings (SSSR count). The first-order chi connectivity index (χ1) is 12.7. The smallest absolute Gasteiger partial charge is 0.0404 e. The summed E-state index contributed by atoms with van der Waals surface area (Å²) >= 11 is 1.89. The van der Waals surface area contributed by atoms with Gasteiger partial charge in [-0.2, -0.15) is 0 Å². The number of nitrogens with zero attached hydrogens (tertiary/aromatic N) is 1. The summed E-state index contributed by atoms with van der Waals surface area (Å²) in [4.78, 5) is 3.87. The Morgan fingerprint density at radius 3 is 2.81 bits per heavy atom. The van der Waals surface area contributed by atoms with Gasteiger partial charge in [0.05, 0.1) is 0 Å². The lowest BCUT2D eigenvalue weighted by molar-refractivity contribution is 0.208. The van der Waals surface area contributed by atoms with E-state index in [-0.39, 0.29) is 0 Å². The van der Waals surface area contributed by atoms with Crippen LogP contribution >= 0.6 is 11.8 Å². The molecule has 4 N–H and O–H groups in total. The maximum atomic E-state index is 7.46. The Balaban J connectivity index is 1.57. The second-order valence-corrected chi connectivity index (χ2v) is 8.12. The van der Waals surface area contributed by atoms with E-state index in [4.69, 9.17) is 11.1 Å². The van der Waals surface area contributed by atoms with E-state index in [2.05, 4.69) is 41.4 Å². The van der Waals surface area contributed by atoms with Crippen LogP contribution in [0.4, 0.5) is 11.4 Å². The van der Waals surface area contributed by atoms with E-state index in [1.165, 1.54) is 29.5 Å². The van der Waals surface area contributed by atoms with Crippen molar-refractivity contribution in [3.63, 3.8) is 0 Å². The molecule has 26 heavy (non-hydrogen) atoms. The van der Waals surface area contributed by atoms with Gasteiger partial charge in [0, 0.05) is 47.2 Å². The monoisotopic (exact) mass is 368 g/mol. The van der Waals surface area contributed by atoms with Crippen molar-refractivity contribution in [1.29, 1.82) is 5.41 Å². The molecule has 0 amide bonds. The van der Waals surface area contributed by atoms with Crippen LogP contribution in [0, 0.1) is 5.41 Å². The number of nitrogens with one attached hydrogen (secondary N) is 2. The normalized spacial score (nSPS) is 17.8. The first kappa shape index (κ1) is 18.8. The lowest BCUT2D eigenvalue weighted by Gasteiger charge is -2.33. The summed E-state index contributed by atoms with van der Waals surface area (Å²) in [5, 5.41) is 11.1. The van der Waals surface area contributed by atoms with E-state index in [0.29, 0.717) is 11.7 Å². The minimum Gasteiger partial charge on any atom is -0.398 e. The quantitative estimate of drug-likeness (QED) is 0.384. The zero-order valence-electron chi connectivity index (χ0n) is 15.4. The molecule has 0 radical (unpaired) electrons. The third-order valence-electron chi connectivity index (χ3n) is 4.76. The van der Waals surface area contributed by atoms with Crippen LogP contribution in [-0.4, -0.2) is 36.0 Å². The Morgan fingerprint density at radius 2 is 2.08 bits per heavy atom. The van der Waals surface area contributed by atoms with Crippen LogP contribution < -0.4 is 11.1 Å². The topological polar surface area (TPSA) is 65.1 Å². The second-order valence-electron chi connectivity index (χ2n) is 6.78. The number of anilines is 2. The molecule has 2 aromatic carbocycles. The largest absolute Gasteiger partial charge is 0.398 e. The molecule has 0 aromatic heterocycles. The lowest BCUT2D eigenvalue weighted by Crippen LogP contribution is -2.41. The fourth-order valence-electron chi connectivity index (χ4n) is 3.46. The predicted molar refractivity (Wildman–Crippen MR) is 114 cm³/mol. The standard InChI is InChI=1S/C21H28N4S/c1-2-26-20-8-5-16(6-9-20)14-25-11-3-4-19(15-25)24-18-7-10-21(23)17(12-18)13-22/h5-10,12-13,19,22,24H,2-4,11,14-15,23H2,1H3. The molecule has 0 aliphatic carbocycles. The van der Waals surface area contributed by atoms with Crippen LogP contribution in [0.3, 0.4) is 0 Å². The van der Waals surface area contributed by atoms with Gasteiger partial charge in [-0.3, -0.25) is 4.90 Å². The third kappa shape index (κ3) is 5.02. The Morgan fingerprint density at radius 1 is 1.27 bits per heavy atom. The summed E-state index contributed by atoms with van der Waals surface area (Å²) < 4.78 is 0. The second kappa shape index (κ2) is 9.10. The number of likely N-dealkylation sites (tertiary alicyclic amines) is 1. The fraction of sp³-hybridized carbons (Fsp3) is 0.381. The highest BCUT2D eigenvalue weighted by Crippen LogP contribution is 2.22. The SMILES string of the molecule is CCSc1ccc(CN2CCCC(Nc3ccc(N)c(C=N)c3)C2)cc1. The van der Waals surface area contributed by atoms with E-state index in [0.717, 1.165) is 36.6 Å². The Bertz CT molecular complexity index is 729. The van der Waals surface area contributed by atoms with Gasteiger partial charge in [-0.05, 0) is 61.0 Å². The zero-order chi connectivity index (χ0) is 18.4. The number of hydrogen-bond donors (Lipinski definition) is 3. The van der Waals surface area contributed by atoms with Crippen LogP contribution in [0.15, 0.2) is 47.4 Å². The van der Waals surface area contributed by atoms with Crippen LogP contribution in [0.25, 0.3) is 0 Å². The molecular formula is C21H28N4S. The first-order valence-corrected chi connectivity index (χ1v) is 10.3. The predicted octanol–water partition coefficient (Wildman–Crippen LogP) is 4.45. The molecule has 4 nitrogen and oxygen atoms in total. The number of benzene rings is 2. The van der Waals surface area contributed by atoms with E-state index in [1.807, 2.05) is 30.0 Å². The highest BCUT2D eigenvalue weighted by molar-refractivity contribution is 7.99. The average Bonchev–Trinajstić information content (AvgIpc) is 2.65. The number of rotatable bonds is 7. The van der Waals surface area contributed by atoms with Gasteiger partial charge in [0.25, 0.3) is 0 Å². The van der Waals surface area contributed by atoms with Crippen LogP contribution in [0.1, 0.15) is 30.9 Å². The van der Waals surface area contributed by atoms with Gasteiger partial charge in [0.1, 0.15) is 0 Å². The molecular weight excluding hydrogens is 340 g/mol. The van der Waals surface area contributed by atoms with Crippen molar-refractivity contribution in [2.45, 2.75) is 37.2 Å². The maximum absolute atomic E-state index is 7.46. The van der Waals surface area contributed by atoms with Crippen LogP contribution in [-0.2, 0) is 6.54 Å². The van der Waals surface area contributed by atoms with Crippen molar-refractivity contribution in [2.24, 2.45) is 0 Å². The number of piperidine rings is 1. The molecule has 1 saturated heterocycles. The van der Waals surface area contributed by atoms with Crippen LogP contribution in [0.2, 0.25) is 0 Å². The Labute approximate surface area is 160 Å². The summed E-state index contributed by atoms with van der Waals surface area (Å²) in [5.74, 6) is 1.11. The van der Waals surface area contributed by atoms with Crippen LogP contribution in [0.5, 0.6) is 0 Å². The fourth-order valence-corrected chi connectivity index (χ4v) is 4.12. The Kier molecular flexibility index (Phi) is 6.58. The van der Waals surface area contributed by atoms with Crippen molar-refractivity contribution < 1.29 is 0 Å². The molecule has 138 valence electrons. The summed E-state index contributed by atoms with van der Waals surface area (Å²) in [5.41, 5.74) is 9.73. The molecule has 1 aliphatic heterocycles. The lowest BCUT2D eigenvalue weighted by atomic mass is 10.0. The molecule has 0 spiro atoms. The molecule has 1 heterocycles. The van der Waals surface area contributed by atoms with Gasteiger partial charge in [-0.15, -0.1) is 11.8 Å². The highest BCUT2D eigenvalue weighted by atomic mass is 32.2. The van der Waals surface area contributed by atoms with Gasteiger partial charge in [0.2, 0.25) is 0 Å². The van der Waals surface area contributed by atoms with Crippen molar-refractivity contribution in [3.05, 3.63) is 53.6 Å². The number of hydrogen-bond acceptors (Lipinski definition) is 5. The maximum Gasteiger partial charge on any atom is 0.0404 e. The highest BCUT2D eigenvalue weighted by Gasteiger charge is 2.20. The number of thioether (sulfide) groups is 1. The van der Waals surface area contributed by atoms with Gasteiger partial charge in [0.15, 0.2) is 0 Å². The van der Waals surface area contributed by atoms with Gasteiger partial charge in [-0.25, -0.2) is 0 Å². The van der Waals surface area contributed by atoms with E-state index < -0.39 is 0 Å². The van der Waals surface area contributed by atoms with Crippen molar-refractivity contribution >= 4 is 29.4 Å². The molecule has 0 saturated carbocycles. The van der Waals surface area contributed by atoms with Crippen molar-refractivity contribution in [2.75, 3.05) is 29.9 Å². The summed E-state index contributed by atoms with van der Waals surface area (Å²) in [6, 6.07) is 15.3. The third-order valence-corrected chi connectivity index (χ3v) is 5.65. The minimum absolute atomic E-state index is 0.431. The molecule has 1 unspecified atom stereocenters. The van der Waals surface area contributed by atoms with Gasteiger partial charge < -0.3 is 16.5 Å². The average molecular weight is 369 g/mol. The van der Waals surface area contributed by atoms with Crippen molar-refractivity contribution in [1.82, 2.24) is 4.90 Å². The first-order valence-electron chi connectivity index (χ1n) is 9.28. The Hall–Kier alpha value is -1.98. The summed E-state index contributed by atoms with van der Waals surface area (Å²) in [6.45, 7) is 5.38. The molecule has 1 aliphatic rings. The summed E-state index contributed by atoms with van der Waals surface area (Å²) in [6.07, 6.45) is 3.69. The van der Waals surface area contributed by atoms with Crippen molar-refractivity contribution in [3.8, 4) is 0 Å². The summed E-state index contributed by atoms with van der Waals surface area (Å²) in [7, 11) is 0. The number of nitrogens with two attached hydrogens (primary N) is 1. The van der Waals surface area contributed by atoms with E-state index in [1.54, 1.807) is 0 Å². The van der Waals surface area contributed by atoms with E-state index in [9.17, 15) is 0 Å². The van der Waals surface area contributed by atoms with Gasteiger partial charge >= 0.3 is 0 Å². The molecule has 5 heteroatoms. The molecule has 1 fully saturated rings. The zero-order valence-corrected chi connectivity index (χ0v) is 16.2. The molecule has 0 bridgehead atoms. The number of nitrogen functional groups attached to an aromatic ring is 1. The molecule has 1 atom stereocenters.